The highest BCUT2D eigenvalue weighted by atomic mass is 32.2. The third kappa shape index (κ3) is 2.48. The van der Waals surface area contributed by atoms with Crippen LogP contribution >= 0.6 is 23.5 Å². The maximum absolute atomic E-state index is 4.15. The lowest BCUT2D eigenvalue weighted by Crippen LogP contribution is -2.57. The van der Waals surface area contributed by atoms with E-state index >= 15 is 0 Å². The number of thioether (sulfide) groups is 2. The molecule has 0 amide bonds. The molecule has 2 aliphatic heterocycles. The summed E-state index contributed by atoms with van der Waals surface area (Å²) in [6, 6.07) is 39.4. The highest BCUT2D eigenvalue weighted by Crippen LogP contribution is 2.63. The van der Waals surface area contributed by atoms with Crippen molar-refractivity contribution in [1.29, 1.82) is 0 Å². The Balaban J connectivity index is 1.72. The number of hydrogen-bond acceptors (Lipinski definition) is 3. The van der Waals surface area contributed by atoms with Crippen LogP contribution in [0.3, 0.4) is 0 Å². The van der Waals surface area contributed by atoms with Crippen LogP contribution in [0.1, 0.15) is 22.3 Å². The lowest BCUT2D eigenvalue weighted by atomic mass is 9.90. The van der Waals surface area contributed by atoms with E-state index in [4.69, 9.17) is 0 Å². The molecule has 0 spiro atoms. The first kappa shape index (κ1) is 17.4. The van der Waals surface area contributed by atoms with Crippen LogP contribution in [0.25, 0.3) is 0 Å². The second-order valence-electron chi connectivity index (χ2n) is 7.42. The predicted octanol–water partition coefficient (Wildman–Crippen LogP) is 6.59. The molecule has 2 bridgehead atoms. The molecule has 2 atom stereocenters. The molecule has 0 saturated heterocycles. The quantitative estimate of drug-likeness (QED) is 0.401. The number of hydrogen-bond donors (Lipinski definition) is 1. The highest BCUT2D eigenvalue weighted by molar-refractivity contribution is 8.02. The van der Waals surface area contributed by atoms with Crippen molar-refractivity contribution in [2.45, 2.75) is 19.5 Å². The maximum atomic E-state index is 4.15. The smallest absolute Gasteiger partial charge is 0.123 e. The van der Waals surface area contributed by atoms with Gasteiger partial charge >= 0.3 is 0 Å². The summed E-state index contributed by atoms with van der Waals surface area (Å²) in [5, 5.41) is 4.15. The summed E-state index contributed by atoms with van der Waals surface area (Å²) in [6.45, 7) is 0. The van der Waals surface area contributed by atoms with E-state index in [9.17, 15) is 0 Å². The zero-order chi connectivity index (χ0) is 19.3. The molecule has 2 heterocycles. The van der Waals surface area contributed by atoms with Gasteiger partial charge in [-0.2, -0.15) is 0 Å². The molecule has 0 unspecified atom stereocenters. The van der Waals surface area contributed by atoms with Gasteiger partial charge < -0.3 is 0 Å². The first-order valence-corrected chi connectivity index (χ1v) is 11.4. The fourth-order valence-electron chi connectivity index (χ4n) is 4.49. The Labute approximate surface area is 179 Å². The van der Waals surface area contributed by atoms with E-state index in [0.717, 1.165) is 0 Å². The normalized spacial score (nSPS) is 24.4. The molecule has 2 aliphatic rings. The zero-order valence-electron chi connectivity index (χ0n) is 15.7. The standard InChI is InChI=1S/C26H19NS2/c1-3-11-19(12-4-1)25-21-15-7-9-17-23(21)29-26(27-25,20-13-5-2-6-14-20)22-16-8-10-18-24(22)28-25/h1-18,27H/t25-,26-/m1/s1. The van der Waals surface area contributed by atoms with Crippen LogP contribution in [-0.4, -0.2) is 0 Å². The fourth-order valence-corrected chi connectivity index (χ4v) is 7.79. The van der Waals surface area contributed by atoms with Gasteiger partial charge in [0.25, 0.3) is 0 Å². The van der Waals surface area contributed by atoms with Crippen molar-refractivity contribution in [3.8, 4) is 0 Å². The van der Waals surface area contributed by atoms with Crippen LogP contribution in [0.5, 0.6) is 0 Å². The zero-order valence-corrected chi connectivity index (χ0v) is 17.3. The summed E-state index contributed by atoms with van der Waals surface area (Å²) in [5.41, 5.74) is 5.24. The summed E-state index contributed by atoms with van der Waals surface area (Å²) in [4.78, 5) is 1.99. The van der Waals surface area contributed by atoms with E-state index in [0.29, 0.717) is 0 Å². The number of nitrogens with one attached hydrogen (secondary N) is 1. The molecule has 3 heteroatoms. The molecule has 1 nitrogen and oxygen atoms in total. The lowest BCUT2D eigenvalue weighted by molar-refractivity contribution is 0.432. The van der Waals surface area contributed by atoms with E-state index in [1.54, 1.807) is 0 Å². The van der Waals surface area contributed by atoms with Crippen LogP contribution in [0.4, 0.5) is 0 Å². The van der Waals surface area contributed by atoms with E-state index in [-0.39, 0.29) is 9.74 Å². The van der Waals surface area contributed by atoms with Crippen LogP contribution < -0.4 is 5.32 Å². The monoisotopic (exact) mass is 409 g/mol. The van der Waals surface area contributed by atoms with Gasteiger partial charge in [-0.3, -0.25) is 5.32 Å². The van der Waals surface area contributed by atoms with Crippen molar-refractivity contribution in [3.63, 3.8) is 0 Å². The van der Waals surface area contributed by atoms with Crippen molar-refractivity contribution in [2.24, 2.45) is 0 Å². The second kappa shape index (κ2) is 6.53. The number of fused-ring (bicyclic) bond motifs is 6. The van der Waals surface area contributed by atoms with Gasteiger partial charge in [-0.15, -0.1) is 0 Å². The van der Waals surface area contributed by atoms with Crippen LogP contribution in [0.15, 0.2) is 119 Å². The molecule has 0 aliphatic carbocycles. The molecule has 0 radical (unpaired) electrons. The Kier molecular flexibility index (Phi) is 3.92. The van der Waals surface area contributed by atoms with Crippen molar-refractivity contribution in [1.82, 2.24) is 5.32 Å². The Hall–Kier alpha value is -2.46. The van der Waals surface area contributed by atoms with Gasteiger partial charge in [0.2, 0.25) is 0 Å². The van der Waals surface area contributed by atoms with Crippen LogP contribution in [0.2, 0.25) is 0 Å². The number of rotatable bonds is 2. The maximum Gasteiger partial charge on any atom is 0.123 e. The number of benzene rings is 4. The topological polar surface area (TPSA) is 12.0 Å². The Morgan fingerprint density at radius 3 is 1.28 bits per heavy atom. The molecule has 0 saturated carbocycles. The summed E-state index contributed by atoms with van der Waals surface area (Å²) >= 11 is 3.85. The minimum atomic E-state index is -0.340. The van der Waals surface area contributed by atoms with E-state index in [1.165, 1.54) is 32.0 Å². The van der Waals surface area contributed by atoms with Crippen molar-refractivity contribution < 1.29 is 0 Å². The SMILES string of the molecule is c1ccc([C@]23N[C@](c4ccccc4)(Sc4ccccc42)c2ccccc2S3)cc1. The molecule has 6 rings (SSSR count). The van der Waals surface area contributed by atoms with E-state index in [2.05, 4.69) is 115 Å². The minimum Gasteiger partial charge on any atom is -0.273 e. The Morgan fingerprint density at radius 1 is 0.448 bits per heavy atom. The van der Waals surface area contributed by atoms with Crippen molar-refractivity contribution in [3.05, 3.63) is 131 Å². The van der Waals surface area contributed by atoms with Gasteiger partial charge in [0.1, 0.15) is 9.74 Å². The van der Waals surface area contributed by atoms with Gasteiger partial charge in [0.15, 0.2) is 0 Å². The molecule has 4 aromatic rings. The Morgan fingerprint density at radius 2 is 0.828 bits per heavy atom. The average molecular weight is 410 g/mol. The summed E-state index contributed by atoms with van der Waals surface area (Å²) < 4.78 is 0. The Bertz CT molecular complexity index is 1100. The van der Waals surface area contributed by atoms with Gasteiger partial charge in [-0.1, -0.05) is 121 Å². The fraction of sp³-hybridized carbons (Fsp3) is 0.0769. The van der Waals surface area contributed by atoms with E-state index < -0.39 is 0 Å². The summed E-state index contributed by atoms with van der Waals surface area (Å²) in [5.74, 6) is 0. The molecule has 0 aromatic heterocycles. The third-order valence-electron chi connectivity index (χ3n) is 5.77. The molecule has 4 aromatic carbocycles. The van der Waals surface area contributed by atoms with Crippen molar-refractivity contribution >= 4 is 23.5 Å². The van der Waals surface area contributed by atoms with Crippen LogP contribution in [0, 0.1) is 0 Å². The minimum absolute atomic E-state index is 0.340. The van der Waals surface area contributed by atoms with E-state index in [1.807, 2.05) is 23.5 Å². The summed E-state index contributed by atoms with van der Waals surface area (Å²) in [6.07, 6.45) is 0. The summed E-state index contributed by atoms with van der Waals surface area (Å²) in [7, 11) is 0. The van der Waals surface area contributed by atoms with Crippen molar-refractivity contribution in [2.75, 3.05) is 0 Å². The molecular weight excluding hydrogens is 390 g/mol. The highest BCUT2D eigenvalue weighted by Gasteiger charge is 2.55. The predicted molar refractivity (Wildman–Crippen MR) is 122 cm³/mol. The van der Waals surface area contributed by atoms with Crippen LogP contribution in [-0.2, 0) is 9.74 Å². The van der Waals surface area contributed by atoms with Gasteiger partial charge in [0.05, 0.1) is 0 Å². The molecule has 0 fully saturated rings. The van der Waals surface area contributed by atoms with Gasteiger partial charge in [-0.25, -0.2) is 0 Å². The molecule has 29 heavy (non-hydrogen) atoms. The first-order valence-electron chi connectivity index (χ1n) is 9.79. The molecular formula is C26H19NS2. The van der Waals surface area contributed by atoms with Gasteiger partial charge in [0, 0.05) is 20.9 Å². The largest absolute Gasteiger partial charge is 0.273 e. The average Bonchev–Trinajstić information content (AvgIpc) is 2.80. The second-order valence-corrected chi connectivity index (χ2v) is 9.93. The molecule has 140 valence electrons. The van der Waals surface area contributed by atoms with Gasteiger partial charge in [-0.05, 0) is 23.3 Å². The molecule has 1 N–H and O–H groups in total. The third-order valence-corrected chi connectivity index (χ3v) is 8.65. The first-order chi connectivity index (χ1) is 14.3. The lowest BCUT2D eigenvalue weighted by Gasteiger charge is -2.54.